The van der Waals surface area contributed by atoms with E-state index >= 15 is 0 Å². The van der Waals surface area contributed by atoms with Gasteiger partial charge < -0.3 is 0 Å². The molecule has 0 radical (unpaired) electrons. The Morgan fingerprint density at radius 2 is 1.71 bits per heavy atom. The third-order valence-electron chi connectivity index (χ3n) is 4.82. The maximum atomic E-state index is 14.7. The molecule has 0 aliphatic heterocycles. The molecule has 8 heteroatoms. The van der Waals surface area contributed by atoms with Crippen molar-refractivity contribution in [3.05, 3.63) is 59.0 Å². The van der Waals surface area contributed by atoms with Crippen molar-refractivity contribution in [2.45, 2.75) is 32.4 Å². The van der Waals surface area contributed by atoms with Crippen LogP contribution in [0.25, 0.3) is 27.2 Å². The molecule has 28 heavy (non-hydrogen) atoms. The van der Waals surface area contributed by atoms with Crippen LogP contribution in [0.1, 0.15) is 31.0 Å². The van der Waals surface area contributed by atoms with Crippen LogP contribution >= 0.6 is 0 Å². The van der Waals surface area contributed by atoms with E-state index in [1.54, 1.807) is 30.3 Å². The summed E-state index contributed by atoms with van der Waals surface area (Å²) >= 11 is 0. The van der Waals surface area contributed by atoms with Crippen molar-refractivity contribution in [1.29, 1.82) is 0 Å². The van der Waals surface area contributed by atoms with Gasteiger partial charge in [-0.2, -0.15) is 18.3 Å². The minimum absolute atomic E-state index is 0.0585. The number of nitrogens with zero attached hydrogens (tertiary/aromatic N) is 2. The number of hydrogen-bond acceptors (Lipinski definition) is 1. The van der Waals surface area contributed by atoms with Crippen LogP contribution in [-0.2, 0) is 12.6 Å². The lowest BCUT2D eigenvalue weighted by Crippen LogP contribution is -2.13. The molecule has 0 N–H and O–H groups in total. The second-order valence-corrected chi connectivity index (χ2v) is 6.63. The van der Waals surface area contributed by atoms with Crippen molar-refractivity contribution in [2.24, 2.45) is 0 Å². The highest BCUT2D eigenvalue weighted by molar-refractivity contribution is 6.10. The molecule has 0 amide bonds. The first-order valence-electron chi connectivity index (χ1n) is 8.72. The molecule has 4 aromatic rings. The standard InChI is InChI=1S/C20H14F6N2/c1-2-3-7-11-9-10-6-4-5-8-12(10)19-13-15(21)16(22)14(20(24,25)26)17(23)18(13)27-28(11)19/h4-6,8-9H,2-3,7H2,1H3. The number of alkyl halides is 3. The zero-order chi connectivity index (χ0) is 20.2. The summed E-state index contributed by atoms with van der Waals surface area (Å²) in [5.74, 6) is -5.91. The van der Waals surface area contributed by atoms with E-state index in [0.717, 1.165) is 12.8 Å². The fraction of sp³-hybridized carbons (Fsp3) is 0.250. The lowest BCUT2D eigenvalue weighted by molar-refractivity contribution is -0.142. The fourth-order valence-corrected chi connectivity index (χ4v) is 3.53. The Labute approximate surface area is 155 Å². The summed E-state index contributed by atoms with van der Waals surface area (Å²) in [4.78, 5) is 0. The number of benzene rings is 2. The molecule has 2 aromatic carbocycles. The fourth-order valence-electron chi connectivity index (χ4n) is 3.53. The van der Waals surface area contributed by atoms with E-state index in [-0.39, 0.29) is 5.52 Å². The molecule has 0 bridgehead atoms. The first-order valence-corrected chi connectivity index (χ1v) is 8.72. The van der Waals surface area contributed by atoms with Gasteiger partial charge in [-0.15, -0.1) is 0 Å². The Kier molecular flexibility index (Phi) is 4.24. The quantitative estimate of drug-likeness (QED) is 0.289. The van der Waals surface area contributed by atoms with Gasteiger partial charge in [0.05, 0.1) is 10.9 Å². The number of pyridine rings is 1. The predicted octanol–water partition coefficient (Wildman–Crippen LogP) is 6.42. The van der Waals surface area contributed by atoms with E-state index in [1.807, 2.05) is 6.92 Å². The number of aryl methyl sites for hydroxylation is 1. The molecule has 0 unspecified atom stereocenters. The van der Waals surface area contributed by atoms with Gasteiger partial charge in [-0.25, -0.2) is 17.7 Å². The second kappa shape index (κ2) is 6.39. The summed E-state index contributed by atoms with van der Waals surface area (Å²) < 4.78 is 84.1. The van der Waals surface area contributed by atoms with Crippen LogP contribution in [0.3, 0.4) is 0 Å². The van der Waals surface area contributed by atoms with Crippen LogP contribution < -0.4 is 0 Å². The van der Waals surface area contributed by atoms with Crippen molar-refractivity contribution >= 4 is 27.2 Å². The molecule has 146 valence electrons. The Morgan fingerprint density at radius 1 is 1.00 bits per heavy atom. The molecule has 2 nitrogen and oxygen atoms in total. The molecule has 0 atom stereocenters. The van der Waals surface area contributed by atoms with Gasteiger partial charge in [-0.3, -0.25) is 0 Å². The molecular formula is C20H14F6N2. The lowest BCUT2D eigenvalue weighted by atomic mass is 10.0. The largest absolute Gasteiger partial charge is 0.422 e. The SMILES string of the molecule is CCCCc1cc2ccccc2c2c3c(F)c(F)c(C(F)(F)F)c(F)c3nn12. The lowest BCUT2D eigenvalue weighted by Gasteiger charge is -2.10. The number of rotatable bonds is 3. The zero-order valence-corrected chi connectivity index (χ0v) is 14.7. The topological polar surface area (TPSA) is 17.3 Å². The number of unbranched alkanes of at least 4 members (excludes halogenated alkanes) is 1. The monoisotopic (exact) mass is 396 g/mol. The molecule has 0 aliphatic carbocycles. The molecular weight excluding hydrogens is 382 g/mol. The van der Waals surface area contributed by atoms with Crippen LogP contribution in [0.5, 0.6) is 0 Å². The minimum Gasteiger partial charge on any atom is -0.236 e. The van der Waals surface area contributed by atoms with Crippen molar-refractivity contribution in [2.75, 3.05) is 0 Å². The number of aromatic nitrogens is 2. The van der Waals surface area contributed by atoms with Crippen LogP contribution in [0.2, 0.25) is 0 Å². The summed E-state index contributed by atoms with van der Waals surface area (Å²) in [6, 6.07) is 8.54. The Balaban J connectivity index is 2.24. The first kappa shape index (κ1) is 18.6. The molecule has 0 aliphatic rings. The van der Waals surface area contributed by atoms with E-state index < -0.39 is 40.1 Å². The van der Waals surface area contributed by atoms with Gasteiger partial charge >= 0.3 is 6.18 Å². The van der Waals surface area contributed by atoms with Crippen molar-refractivity contribution in [3.8, 4) is 0 Å². The molecule has 4 rings (SSSR count). The maximum absolute atomic E-state index is 14.7. The maximum Gasteiger partial charge on any atom is 0.422 e. The van der Waals surface area contributed by atoms with E-state index in [2.05, 4.69) is 5.10 Å². The zero-order valence-electron chi connectivity index (χ0n) is 14.7. The molecule has 2 aromatic heterocycles. The third-order valence-corrected chi connectivity index (χ3v) is 4.82. The Bertz CT molecular complexity index is 1220. The van der Waals surface area contributed by atoms with Crippen LogP contribution in [0.4, 0.5) is 26.3 Å². The smallest absolute Gasteiger partial charge is 0.236 e. The summed E-state index contributed by atoms with van der Waals surface area (Å²) in [7, 11) is 0. The normalized spacial score (nSPS) is 12.5. The average Bonchev–Trinajstić information content (AvgIpc) is 3.05. The minimum atomic E-state index is -5.38. The highest BCUT2D eigenvalue weighted by Crippen LogP contribution is 2.40. The number of halogens is 6. The highest BCUT2D eigenvalue weighted by atomic mass is 19.4. The van der Waals surface area contributed by atoms with Crippen molar-refractivity contribution in [3.63, 3.8) is 0 Å². The molecule has 0 saturated carbocycles. The average molecular weight is 396 g/mol. The molecule has 2 heterocycles. The predicted molar refractivity (Wildman–Crippen MR) is 93.7 cm³/mol. The first-order chi connectivity index (χ1) is 13.3. The van der Waals surface area contributed by atoms with Crippen molar-refractivity contribution in [1.82, 2.24) is 9.61 Å². The van der Waals surface area contributed by atoms with Crippen LogP contribution in [-0.4, -0.2) is 9.61 Å². The van der Waals surface area contributed by atoms with Crippen molar-refractivity contribution < 1.29 is 26.3 Å². The molecule has 0 saturated heterocycles. The second-order valence-electron chi connectivity index (χ2n) is 6.63. The van der Waals surface area contributed by atoms with Gasteiger partial charge in [-0.05, 0) is 24.3 Å². The molecule has 0 spiro atoms. The third kappa shape index (κ3) is 2.62. The van der Waals surface area contributed by atoms with E-state index in [9.17, 15) is 26.3 Å². The van der Waals surface area contributed by atoms with E-state index in [1.165, 1.54) is 4.52 Å². The summed E-state index contributed by atoms with van der Waals surface area (Å²) in [6.07, 6.45) is -3.29. The highest BCUT2D eigenvalue weighted by Gasteiger charge is 2.41. The van der Waals surface area contributed by atoms with Gasteiger partial charge in [0, 0.05) is 11.1 Å². The van der Waals surface area contributed by atoms with Crippen LogP contribution in [0.15, 0.2) is 30.3 Å². The summed E-state index contributed by atoms with van der Waals surface area (Å²) in [5, 5.41) is 4.47. The number of hydrogen-bond donors (Lipinski definition) is 0. The van der Waals surface area contributed by atoms with Gasteiger partial charge in [-0.1, -0.05) is 37.6 Å². The number of fused-ring (bicyclic) bond motifs is 5. The Hall–Kier alpha value is -2.77. The summed E-state index contributed by atoms with van der Waals surface area (Å²) in [6.45, 7) is 1.96. The molecule has 0 fully saturated rings. The van der Waals surface area contributed by atoms with E-state index in [0.29, 0.717) is 22.9 Å². The van der Waals surface area contributed by atoms with Gasteiger partial charge in [0.2, 0.25) is 0 Å². The van der Waals surface area contributed by atoms with Gasteiger partial charge in [0.15, 0.2) is 17.5 Å². The van der Waals surface area contributed by atoms with Gasteiger partial charge in [0.1, 0.15) is 11.1 Å². The van der Waals surface area contributed by atoms with Crippen LogP contribution in [0, 0.1) is 17.5 Å². The Morgan fingerprint density at radius 3 is 2.39 bits per heavy atom. The van der Waals surface area contributed by atoms with E-state index in [4.69, 9.17) is 0 Å². The van der Waals surface area contributed by atoms with Gasteiger partial charge in [0.25, 0.3) is 0 Å². The summed E-state index contributed by atoms with van der Waals surface area (Å²) in [5.41, 5.74) is -2.46.